The molecule has 1 aromatic rings. The van der Waals surface area contributed by atoms with Crippen molar-refractivity contribution >= 4 is 12.9 Å². The van der Waals surface area contributed by atoms with E-state index in [0.29, 0.717) is 12.1 Å². The van der Waals surface area contributed by atoms with Gasteiger partial charge in [-0.1, -0.05) is 6.07 Å². The molecule has 0 saturated heterocycles. The van der Waals surface area contributed by atoms with E-state index in [1.54, 1.807) is 6.92 Å². The molecular weight excluding hydrogens is 158 g/mol. The van der Waals surface area contributed by atoms with Crippen molar-refractivity contribution in [1.29, 1.82) is 0 Å². The number of benzene rings is 1. The van der Waals surface area contributed by atoms with Crippen molar-refractivity contribution in [2.24, 2.45) is 0 Å². The van der Waals surface area contributed by atoms with E-state index in [1.165, 1.54) is 18.2 Å². The molecule has 0 aliphatic rings. The van der Waals surface area contributed by atoms with Crippen LogP contribution in [0.5, 0.6) is 5.75 Å². The Morgan fingerprint density at radius 1 is 1.58 bits per heavy atom. The maximum Gasteiger partial charge on any atom is 0.326 e. The monoisotopic (exact) mass is 167 g/mol. The Morgan fingerprint density at radius 2 is 2.33 bits per heavy atom. The Labute approximate surface area is 71.3 Å². The third-order valence-electron chi connectivity index (χ3n) is 1.40. The first-order chi connectivity index (χ1) is 5.77. The summed E-state index contributed by atoms with van der Waals surface area (Å²) in [7, 11) is 0.905. The lowest BCUT2D eigenvalue weighted by molar-refractivity contribution is 0.322. The molecule has 0 bridgehead atoms. The molecule has 1 aromatic carbocycles. The summed E-state index contributed by atoms with van der Waals surface area (Å²) in [5, 5.41) is 8.62. The predicted octanol–water partition coefficient (Wildman–Crippen LogP) is 0.461. The van der Waals surface area contributed by atoms with Crippen molar-refractivity contribution in [1.82, 2.24) is 0 Å². The van der Waals surface area contributed by atoms with Crippen LogP contribution in [-0.2, 0) is 0 Å². The largest absolute Gasteiger partial charge is 0.491 e. The van der Waals surface area contributed by atoms with E-state index in [9.17, 15) is 4.39 Å². The van der Waals surface area contributed by atoms with Crippen molar-refractivity contribution in [3.05, 3.63) is 24.0 Å². The van der Waals surface area contributed by atoms with E-state index in [0.717, 1.165) is 7.48 Å². The van der Waals surface area contributed by atoms with Gasteiger partial charge in [-0.3, -0.25) is 0 Å². The van der Waals surface area contributed by atoms with Crippen LogP contribution in [0.2, 0.25) is 0 Å². The van der Waals surface area contributed by atoms with Crippen LogP contribution in [-0.4, -0.2) is 19.1 Å². The van der Waals surface area contributed by atoms with E-state index in [4.69, 9.17) is 9.76 Å². The summed E-state index contributed by atoms with van der Waals surface area (Å²) >= 11 is 0. The lowest BCUT2D eigenvalue weighted by Gasteiger charge is -2.04. The van der Waals surface area contributed by atoms with Crippen LogP contribution in [0.25, 0.3) is 0 Å². The van der Waals surface area contributed by atoms with Gasteiger partial charge in [-0.25, -0.2) is 4.39 Å². The fraction of sp³-hybridized carbons (Fsp3) is 0.250. The maximum atomic E-state index is 12.9. The first-order valence-electron chi connectivity index (χ1n) is 3.67. The second-order valence-electron chi connectivity index (χ2n) is 2.25. The van der Waals surface area contributed by atoms with Gasteiger partial charge in [0.1, 0.15) is 0 Å². The summed E-state index contributed by atoms with van der Waals surface area (Å²) in [6.07, 6.45) is 0. The molecule has 0 amide bonds. The van der Waals surface area contributed by atoms with Crippen molar-refractivity contribution in [2.45, 2.75) is 6.92 Å². The quantitative estimate of drug-likeness (QED) is 0.662. The molecule has 1 radical (unpaired) electrons. The Bertz CT molecular complexity index is 265. The zero-order chi connectivity index (χ0) is 8.97. The molecule has 0 fully saturated rings. The smallest absolute Gasteiger partial charge is 0.326 e. The highest BCUT2D eigenvalue weighted by molar-refractivity contribution is 6.45. The van der Waals surface area contributed by atoms with Gasteiger partial charge in [-0.15, -0.1) is 0 Å². The maximum absolute atomic E-state index is 12.9. The molecular formula is C8H9BFO2. The van der Waals surface area contributed by atoms with Crippen molar-refractivity contribution in [2.75, 3.05) is 6.61 Å². The molecule has 63 valence electrons. The third kappa shape index (κ3) is 1.98. The van der Waals surface area contributed by atoms with Crippen LogP contribution in [0.1, 0.15) is 6.92 Å². The average Bonchev–Trinajstić information content (AvgIpc) is 2.09. The summed E-state index contributed by atoms with van der Waals surface area (Å²) < 4.78 is 17.8. The van der Waals surface area contributed by atoms with Crippen LogP contribution in [0.4, 0.5) is 4.39 Å². The molecule has 1 rings (SSSR count). The minimum atomic E-state index is -0.414. The van der Waals surface area contributed by atoms with Crippen LogP contribution in [0, 0.1) is 5.82 Å². The van der Waals surface area contributed by atoms with Gasteiger partial charge in [0.25, 0.3) is 0 Å². The molecule has 0 heterocycles. The normalized spacial score (nSPS) is 9.58. The van der Waals surface area contributed by atoms with E-state index in [2.05, 4.69) is 0 Å². The van der Waals surface area contributed by atoms with Crippen molar-refractivity contribution < 1.29 is 14.2 Å². The van der Waals surface area contributed by atoms with E-state index in [-0.39, 0.29) is 5.75 Å². The number of hydrogen-bond acceptors (Lipinski definition) is 2. The fourth-order valence-corrected chi connectivity index (χ4v) is 0.866. The Hall–Kier alpha value is -1.03. The van der Waals surface area contributed by atoms with Crippen molar-refractivity contribution in [3.8, 4) is 5.75 Å². The first-order valence-corrected chi connectivity index (χ1v) is 3.67. The Morgan fingerprint density at radius 3 is 2.92 bits per heavy atom. The molecule has 0 unspecified atom stereocenters. The molecule has 0 saturated carbocycles. The number of ether oxygens (including phenoxy) is 1. The van der Waals surface area contributed by atoms with Gasteiger partial charge in [0.05, 0.1) is 6.61 Å². The average molecular weight is 167 g/mol. The summed E-state index contributed by atoms with van der Waals surface area (Å²) in [6.45, 7) is 2.18. The van der Waals surface area contributed by atoms with Crippen LogP contribution in [0.3, 0.4) is 0 Å². The highest BCUT2D eigenvalue weighted by Gasteiger charge is 2.03. The first kappa shape index (κ1) is 9.07. The fourth-order valence-electron chi connectivity index (χ4n) is 0.866. The van der Waals surface area contributed by atoms with Gasteiger partial charge in [0, 0.05) is 0 Å². The molecule has 1 N–H and O–H groups in total. The van der Waals surface area contributed by atoms with Gasteiger partial charge >= 0.3 is 7.48 Å². The van der Waals surface area contributed by atoms with E-state index >= 15 is 0 Å². The van der Waals surface area contributed by atoms with Gasteiger partial charge < -0.3 is 9.76 Å². The Kier molecular flexibility index (Phi) is 3.11. The molecule has 12 heavy (non-hydrogen) atoms. The molecule has 0 aliphatic carbocycles. The van der Waals surface area contributed by atoms with Gasteiger partial charge in [0.15, 0.2) is 11.6 Å². The molecule has 0 spiro atoms. The minimum absolute atomic E-state index is 0.167. The number of rotatable bonds is 3. The predicted molar refractivity (Wildman–Crippen MR) is 45.2 cm³/mol. The van der Waals surface area contributed by atoms with E-state index in [1.807, 2.05) is 0 Å². The second kappa shape index (κ2) is 4.11. The Balaban J connectivity index is 2.91. The van der Waals surface area contributed by atoms with Crippen LogP contribution >= 0.6 is 0 Å². The van der Waals surface area contributed by atoms with Crippen LogP contribution < -0.4 is 10.2 Å². The summed E-state index contributed by atoms with van der Waals surface area (Å²) in [5.74, 6) is -0.247. The van der Waals surface area contributed by atoms with Gasteiger partial charge in [-0.05, 0) is 24.5 Å². The summed E-state index contributed by atoms with van der Waals surface area (Å²) in [6, 6.07) is 4.17. The van der Waals surface area contributed by atoms with Crippen molar-refractivity contribution in [3.63, 3.8) is 0 Å². The lowest BCUT2D eigenvalue weighted by Crippen LogP contribution is -2.13. The molecule has 0 atom stereocenters. The molecule has 0 aromatic heterocycles. The highest BCUT2D eigenvalue weighted by atomic mass is 19.1. The minimum Gasteiger partial charge on any atom is -0.491 e. The highest BCUT2D eigenvalue weighted by Crippen LogP contribution is 2.13. The molecule has 0 aliphatic heterocycles. The topological polar surface area (TPSA) is 29.5 Å². The number of hydrogen-bond donors (Lipinski definition) is 1. The van der Waals surface area contributed by atoms with Gasteiger partial charge in [0.2, 0.25) is 0 Å². The standard InChI is InChI=1S/C8H9BFO2/c1-2-12-8-5-6(9-11)3-4-7(8)10/h3-5,11H,2H2,1H3. The lowest BCUT2D eigenvalue weighted by atomic mass is 9.89. The third-order valence-corrected chi connectivity index (χ3v) is 1.40. The second-order valence-corrected chi connectivity index (χ2v) is 2.25. The van der Waals surface area contributed by atoms with Crippen LogP contribution in [0.15, 0.2) is 18.2 Å². The summed E-state index contributed by atoms with van der Waals surface area (Å²) in [4.78, 5) is 0. The summed E-state index contributed by atoms with van der Waals surface area (Å²) in [5.41, 5.74) is 0.528. The van der Waals surface area contributed by atoms with E-state index < -0.39 is 5.82 Å². The zero-order valence-corrected chi connectivity index (χ0v) is 6.75. The molecule has 2 nitrogen and oxygen atoms in total. The number of halogens is 1. The molecule has 4 heteroatoms. The zero-order valence-electron chi connectivity index (χ0n) is 6.75. The van der Waals surface area contributed by atoms with Gasteiger partial charge in [-0.2, -0.15) is 0 Å². The SMILES string of the molecule is CCOc1cc([B]O)ccc1F.